The summed E-state index contributed by atoms with van der Waals surface area (Å²) in [6.07, 6.45) is 0. The molecule has 2 rings (SSSR count). The van der Waals surface area contributed by atoms with E-state index >= 15 is 0 Å². The summed E-state index contributed by atoms with van der Waals surface area (Å²) in [6, 6.07) is 2.65. The Kier molecular flexibility index (Phi) is 4.45. The van der Waals surface area contributed by atoms with Gasteiger partial charge in [-0.1, -0.05) is 16.8 Å². The summed E-state index contributed by atoms with van der Waals surface area (Å²) < 4.78 is 24.4. The third kappa shape index (κ3) is 2.71. The number of aryl methyl sites for hydroxylation is 1. The third-order valence-electron chi connectivity index (χ3n) is 2.59. The molecule has 0 atom stereocenters. The highest BCUT2D eigenvalue weighted by molar-refractivity contribution is 9.10. The van der Waals surface area contributed by atoms with E-state index in [4.69, 9.17) is 20.9 Å². The molecular weight excluding hydrogens is 353 g/mol. The maximum absolute atomic E-state index is 14.1. The molecule has 0 spiro atoms. The zero-order chi connectivity index (χ0) is 14.9. The lowest BCUT2D eigenvalue weighted by Gasteiger charge is -2.06. The standard InChI is InChI=1S/C13H10BrClFNO3/c1-3-19-13(18)10-6(2)20-17-12(10)11-8(14)4-7(15)5-9(11)16/h4-5H,3H2,1-2H3. The number of aromatic nitrogens is 1. The largest absolute Gasteiger partial charge is 0.462 e. The molecule has 0 radical (unpaired) electrons. The maximum Gasteiger partial charge on any atom is 0.344 e. The van der Waals surface area contributed by atoms with Crippen LogP contribution in [-0.4, -0.2) is 17.7 Å². The van der Waals surface area contributed by atoms with Crippen LogP contribution in [0.3, 0.4) is 0 Å². The van der Waals surface area contributed by atoms with Crippen LogP contribution in [0, 0.1) is 12.7 Å². The van der Waals surface area contributed by atoms with Gasteiger partial charge in [-0.3, -0.25) is 0 Å². The summed E-state index contributed by atoms with van der Waals surface area (Å²) in [5, 5.41) is 3.98. The topological polar surface area (TPSA) is 52.3 Å². The van der Waals surface area contributed by atoms with Gasteiger partial charge >= 0.3 is 5.97 Å². The second-order valence-corrected chi connectivity index (χ2v) is 5.22. The molecule has 0 amide bonds. The number of carbonyl (C=O) groups is 1. The van der Waals surface area contributed by atoms with E-state index < -0.39 is 11.8 Å². The van der Waals surface area contributed by atoms with Crippen molar-refractivity contribution in [1.29, 1.82) is 0 Å². The highest BCUT2D eigenvalue weighted by Crippen LogP contribution is 2.35. The minimum atomic E-state index is -0.609. The number of ether oxygens (including phenoxy) is 1. The summed E-state index contributed by atoms with van der Waals surface area (Å²) in [5.41, 5.74) is 0.296. The molecule has 0 N–H and O–H groups in total. The number of hydrogen-bond acceptors (Lipinski definition) is 4. The van der Waals surface area contributed by atoms with Gasteiger partial charge in [0.15, 0.2) is 0 Å². The summed E-state index contributed by atoms with van der Waals surface area (Å²) >= 11 is 8.97. The maximum atomic E-state index is 14.1. The molecule has 20 heavy (non-hydrogen) atoms. The lowest BCUT2D eigenvalue weighted by Crippen LogP contribution is -2.07. The van der Waals surface area contributed by atoms with Crippen LogP contribution in [0.15, 0.2) is 21.1 Å². The predicted octanol–water partition coefficient (Wildman–Crippen LogP) is 4.38. The number of hydrogen-bond donors (Lipinski definition) is 0. The van der Waals surface area contributed by atoms with Crippen LogP contribution in [0.5, 0.6) is 0 Å². The molecule has 0 bridgehead atoms. The Morgan fingerprint density at radius 2 is 2.25 bits per heavy atom. The van der Waals surface area contributed by atoms with Crippen molar-refractivity contribution in [2.24, 2.45) is 0 Å². The molecule has 0 aliphatic rings. The van der Waals surface area contributed by atoms with Crippen LogP contribution < -0.4 is 0 Å². The van der Waals surface area contributed by atoms with Crippen molar-refractivity contribution < 1.29 is 18.4 Å². The zero-order valence-corrected chi connectivity index (χ0v) is 13.0. The zero-order valence-electron chi connectivity index (χ0n) is 10.7. The molecule has 0 aliphatic heterocycles. The molecule has 2 aromatic rings. The van der Waals surface area contributed by atoms with Gasteiger partial charge in [-0.15, -0.1) is 0 Å². The molecule has 1 aromatic carbocycles. The van der Waals surface area contributed by atoms with Crippen LogP contribution in [0.1, 0.15) is 23.0 Å². The monoisotopic (exact) mass is 361 g/mol. The van der Waals surface area contributed by atoms with Gasteiger partial charge in [-0.25, -0.2) is 9.18 Å². The summed E-state index contributed by atoms with van der Waals surface area (Å²) in [7, 11) is 0. The second kappa shape index (κ2) is 5.93. The van der Waals surface area contributed by atoms with Crippen molar-refractivity contribution >= 4 is 33.5 Å². The first-order valence-electron chi connectivity index (χ1n) is 5.74. The van der Waals surface area contributed by atoms with Crippen LogP contribution in [0.4, 0.5) is 4.39 Å². The first-order valence-corrected chi connectivity index (χ1v) is 6.91. The highest BCUT2D eigenvalue weighted by atomic mass is 79.9. The van der Waals surface area contributed by atoms with E-state index in [2.05, 4.69) is 21.1 Å². The van der Waals surface area contributed by atoms with E-state index in [-0.39, 0.29) is 34.2 Å². The Hall–Kier alpha value is -1.40. The number of carbonyl (C=O) groups excluding carboxylic acids is 1. The van der Waals surface area contributed by atoms with Gasteiger partial charge in [0.1, 0.15) is 22.8 Å². The van der Waals surface area contributed by atoms with Crippen molar-refractivity contribution in [3.05, 3.63) is 38.8 Å². The average Bonchev–Trinajstić information content (AvgIpc) is 2.70. The van der Waals surface area contributed by atoms with Crippen molar-refractivity contribution in [3.8, 4) is 11.3 Å². The van der Waals surface area contributed by atoms with Crippen LogP contribution >= 0.6 is 27.5 Å². The van der Waals surface area contributed by atoms with Crippen molar-refractivity contribution in [2.75, 3.05) is 6.61 Å². The van der Waals surface area contributed by atoms with Gasteiger partial charge < -0.3 is 9.26 Å². The van der Waals surface area contributed by atoms with Gasteiger partial charge in [-0.05, 0) is 41.9 Å². The Labute approximate surface area is 128 Å². The fraction of sp³-hybridized carbons (Fsp3) is 0.231. The number of rotatable bonds is 3. The van der Waals surface area contributed by atoms with E-state index in [0.717, 1.165) is 6.07 Å². The number of nitrogens with zero attached hydrogens (tertiary/aromatic N) is 1. The fourth-order valence-electron chi connectivity index (χ4n) is 1.75. The van der Waals surface area contributed by atoms with Gasteiger partial charge in [0.25, 0.3) is 0 Å². The Bertz CT molecular complexity index is 649. The molecule has 0 saturated carbocycles. The van der Waals surface area contributed by atoms with E-state index in [9.17, 15) is 9.18 Å². The van der Waals surface area contributed by atoms with Crippen molar-refractivity contribution in [2.45, 2.75) is 13.8 Å². The lowest BCUT2D eigenvalue weighted by atomic mass is 10.1. The Balaban J connectivity index is 2.63. The highest BCUT2D eigenvalue weighted by Gasteiger charge is 2.26. The van der Waals surface area contributed by atoms with Gasteiger partial charge in [-0.2, -0.15) is 0 Å². The smallest absolute Gasteiger partial charge is 0.344 e. The molecule has 0 fully saturated rings. The third-order valence-corrected chi connectivity index (χ3v) is 3.43. The minimum absolute atomic E-state index is 0.0852. The summed E-state index contributed by atoms with van der Waals surface area (Å²) in [5.74, 6) is -0.953. The normalized spacial score (nSPS) is 10.7. The molecule has 0 unspecified atom stereocenters. The number of esters is 1. The Morgan fingerprint density at radius 1 is 1.55 bits per heavy atom. The minimum Gasteiger partial charge on any atom is -0.462 e. The van der Waals surface area contributed by atoms with E-state index in [1.165, 1.54) is 6.07 Å². The molecule has 1 aromatic heterocycles. The average molecular weight is 363 g/mol. The van der Waals surface area contributed by atoms with Crippen molar-refractivity contribution in [1.82, 2.24) is 5.16 Å². The molecule has 1 heterocycles. The van der Waals surface area contributed by atoms with E-state index in [1.54, 1.807) is 13.8 Å². The summed E-state index contributed by atoms with van der Waals surface area (Å²) in [4.78, 5) is 11.9. The van der Waals surface area contributed by atoms with Crippen LogP contribution in [0.2, 0.25) is 5.02 Å². The van der Waals surface area contributed by atoms with E-state index in [0.29, 0.717) is 4.47 Å². The predicted molar refractivity (Wildman–Crippen MR) is 75.3 cm³/mol. The molecule has 0 saturated heterocycles. The van der Waals surface area contributed by atoms with Crippen LogP contribution in [-0.2, 0) is 4.74 Å². The number of benzene rings is 1. The van der Waals surface area contributed by atoms with E-state index in [1.807, 2.05) is 0 Å². The molecular formula is C13H10BrClFNO3. The first kappa shape index (κ1) is 15.0. The van der Waals surface area contributed by atoms with Gasteiger partial charge in [0, 0.05) is 9.50 Å². The molecule has 4 nitrogen and oxygen atoms in total. The second-order valence-electron chi connectivity index (χ2n) is 3.93. The van der Waals surface area contributed by atoms with Crippen LogP contribution in [0.25, 0.3) is 11.3 Å². The number of halogens is 3. The molecule has 106 valence electrons. The molecule has 0 aliphatic carbocycles. The lowest BCUT2D eigenvalue weighted by molar-refractivity contribution is 0.0525. The molecule has 7 heteroatoms. The van der Waals surface area contributed by atoms with Gasteiger partial charge in [0.2, 0.25) is 0 Å². The fourth-order valence-corrected chi connectivity index (χ4v) is 2.72. The van der Waals surface area contributed by atoms with Crippen molar-refractivity contribution in [3.63, 3.8) is 0 Å². The first-order chi connectivity index (χ1) is 9.45. The SMILES string of the molecule is CCOC(=O)c1c(-c2c(F)cc(Cl)cc2Br)noc1C. The Morgan fingerprint density at radius 3 is 2.85 bits per heavy atom. The van der Waals surface area contributed by atoms with Gasteiger partial charge in [0.05, 0.1) is 12.2 Å². The quantitative estimate of drug-likeness (QED) is 0.760. The summed E-state index contributed by atoms with van der Waals surface area (Å²) in [6.45, 7) is 3.44.